The fraction of sp³-hybridized carbons (Fsp3) is 0.500. The van der Waals surface area contributed by atoms with Crippen LogP contribution >= 0.6 is 0 Å². The van der Waals surface area contributed by atoms with Crippen molar-refractivity contribution in [3.63, 3.8) is 0 Å². The Morgan fingerprint density at radius 1 is 1.60 bits per heavy atom. The van der Waals surface area contributed by atoms with E-state index in [0.29, 0.717) is 6.42 Å². The normalized spacial score (nSPS) is 20.1. The lowest BCUT2D eigenvalue weighted by atomic mass is 10.1. The van der Waals surface area contributed by atoms with Gasteiger partial charge in [-0.25, -0.2) is 9.98 Å². The summed E-state index contributed by atoms with van der Waals surface area (Å²) in [5.41, 5.74) is -0.842. The molecule has 0 saturated carbocycles. The van der Waals surface area contributed by atoms with E-state index in [9.17, 15) is 4.79 Å². The lowest BCUT2D eigenvalue weighted by Crippen LogP contribution is -2.31. The van der Waals surface area contributed by atoms with Gasteiger partial charge in [0.05, 0.1) is 12.7 Å². The van der Waals surface area contributed by atoms with Crippen molar-refractivity contribution in [2.24, 2.45) is 9.98 Å². The van der Waals surface area contributed by atoms with Crippen molar-refractivity contribution in [3.05, 3.63) is 0 Å². The summed E-state index contributed by atoms with van der Waals surface area (Å²) in [7, 11) is 0. The van der Waals surface area contributed by atoms with Crippen molar-refractivity contribution in [1.29, 1.82) is 0 Å². The number of carbonyl (C=O) groups is 1. The summed E-state index contributed by atoms with van der Waals surface area (Å²) in [5, 5.41) is 2.67. The quantitative estimate of drug-likeness (QED) is 0.545. The summed E-state index contributed by atoms with van der Waals surface area (Å²) >= 11 is 0. The van der Waals surface area contributed by atoms with Crippen LogP contribution < -0.4 is 5.32 Å². The average Bonchev–Trinajstić information content (AvgIpc) is 2.06. The summed E-state index contributed by atoms with van der Waals surface area (Å²) in [6, 6.07) is 0. The van der Waals surface area contributed by atoms with E-state index in [4.69, 9.17) is 0 Å². The van der Waals surface area contributed by atoms with Crippen LogP contribution in [0.4, 0.5) is 0 Å². The Balaban J connectivity index is 2.80. The molecule has 1 aliphatic rings. The highest BCUT2D eigenvalue weighted by Crippen LogP contribution is 2.14. The molecular weight excluding hydrogens is 130 g/mol. The van der Waals surface area contributed by atoms with E-state index in [0.717, 1.165) is 6.29 Å². The van der Waals surface area contributed by atoms with Crippen LogP contribution in [-0.4, -0.2) is 24.6 Å². The third kappa shape index (κ3) is 1.05. The van der Waals surface area contributed by atoms with Gasteiger partial charge in [-0.3, -0.25) is 4.79 Å². The number of nitrogens with zero attached hydrogens (tertiary/aromatic N) is 2. The molecule has 0 unspecified atom stereocenters. The molecule has 0 fully saturated rings. The van der Waals surface area contributed by atoms with Crippen LogP contribution in [-0.2, 0) is 4.79 Å². The number of hydrogen-bond acceptors (Lipinski definition) is 4. The first-order valence-corrected chi connectivity index (χ1v) is 3.13. The van der Waals surface area contributed by atoms with Gasteiger partial charge in [0.2, 0.25) is 5.66 Å². The maximum Gasteiger partial charge on any atom is 0.208 e. The molecule has 0 aliphatic carbocycles. The summed E-state index contributed by atoms with van der Waals surface area (Å²) in [6.45, 7) is 1.87. The molecule has 0 aromatic heterocycles. The van der Waals surface area contributed by atoms with E-state index < -0.39 is 5.66 Å². The number of aliphatic imine (C=N–C) groups is 2. The zero-order valence-electron chi connectivity index (χ0n) is 5.74. The van der Waals surface area contributed by atoms with Gasteiger partial charge in [0.1, 0.15) is 0 Å². The molecule has 1 N–H and O–H groups in total. The fourth-order valence-electron chi connectivity index (χ4n) is 0.692. The van der Waals surface area contributed by atoms with Crippen molar-refractivity contribution < 1.29 is 4.79 Å². The van der Waals surface area contributed by atoms with Crippen LogP contribution in [0.15, 0.2) is 9.98 Å². The number of carbonyl (C=O) groups excluding carboxylic acids is 1. The number of hydrogen-bond donors (Lipinski definition) is 1. The Morgan fingerprint density at radius 2 is 2.20 bits per heavy atom. The molecule has 1 aliphatic heterocycles. The van der Waals surface area contributed by atoms with Crippen molar-refractivity contribution in [2.45, 2.75) is 19.0 Å². The van der Waals surface area contributed by atoms with Crippen molar-refractivity contribution in [3.8, 4) is 0 Å². The van der Waals surface area contributed by atoms with Gasteiger partial charge in [0.25, 0.3) is 0 Å². The minimum Gasteiger partial charge on any atom is -0.338 e. The van der Waals surface area contributed by atoms with Crippen LogP contribution in [0.5, 0.6) is 0 Å². The third-order valence-electron chi connectivity index (χ3n) is 1.43. The van der Waals surface area contributed by atoms with E-state index in [-0.39, 0.29) is 0 Å². The maximum atomic E-state index is 10.5. The molecule has 1 rings (SSSR count). The van der Waals surface area contributed by atoms with Crippen LogP contribution in [0.25, 0.3) is 0 Å². The number of rotatable bonds is 2. The summed E-state index contributed by atoms with van der Waals surface area (Å²) < 4.78 is 0. The zero-order chi connectivity index (χ0) is 7.45. The second-order valence-corrected chi connectivity index (χ2v) is 2.03. The number of aldehydes is 1. The lowest BCUT2D eigenvalue weighted by molar-refractivity contribution is -0.112. The molecule has 0 aromatic rings. The molecule has 0 saturated heterocycles. The first-order chi connectivity index (χ1) is 4.83. The second kappa shape index (κ2) is 2.60. The maximum absolute atomic E-state index is 10.5. The highest BCUT2D eigenvalue weighted by Gasteiger charge is 2.24. The highest BCUT2D eigenvalue weighted by molar-refractivity contribution is 5.82. The van der Waals surface area contributed by atoms with E-state index in [2.05, 4.69) is 15.3 Å². The smallest absolute Gasteiger partial charge is 0.208 e. The first-order valence-electron chi connectivity index (χ1n) is 3.13. The first kappa shape index (κ1) is 6.92. The van der Waals surface area contributed by atoms with Gasteiger partial charge in [0, 0.05) is 0 Å². The Kier molecular flexibility index (Phi) is 1.80. The third-order valence-corrected chi connectivity index (χ3v) is 1.43. The van der Waals surface area contributed by atoms with Crippen LogP contribution in [0, 0.1) is 0 Å². The number of nitrogens with one attached hydrogen (secondary N) is 1. The van der Waals surface area contributed by atoms with Gasteiger partial charge in [-0.2, -0.15) is 0 Å². The van der Waals surface area contributed by atoms with Crippen LogP contribution in [0.1, 0.15) is 13.3 Å². The van der Waals surface area contributed by atoms with E-state index in [1.807, 2.05) is 6.92 Å². The topological polar surface area (TPSA) is 53.8 Å². The van der Waals surface area contributed by atoms with Gasteiger partial charge in [-0.15, -0.1) is 0 Å². The van der Waals surface area contributed by atoms with Gasteiger partial charge in [0.15, 0.2) is 6.29 Å². The summed E-state index contributed by atoms with van der Waals surface area (Å²) in [5.74, 6) is 0. The Morgan fingerprint density at radius 3 is 2.50 bits per heavy atom. The molecule has 1 heterocycles. The fourth-order valence-corrected chi connectivity index (χ4v) is 0.692. The minimum atomic E-state index is -0.842. The van der Waals surface area contributed by atoms with Crippen molar-refractivity contribution in [1.82, 2.24) is 5.32 Å². The summed E-state index contributed by atoms with van der Waals surface area (Å²) in [4.78, 5) is 18.2. The van der Waals surface area contributed by atoms with E-state index in [1.165, 1.54) is 12.7 Å². The highest BCUT2D eigenvalue weighted by atomic mass is 16.1. The molecule has 10 heavy (non-hydrogen) atoms. The van der Waals surface area contributed by atoms with Gasteiger partial charge >= 0.3 is 0 Å². The van der Waals surface area contributed by atoms with Gasteiger partial charge < -0.3 is 5.32 Å². The SMILES string of the molecule is CCC1(C=O)N=CNC=N1. The second-order valence-electron chi connectivity index (χ2n) is 2.03. The molecule has 0 spiro atoms. The Hall–Kier alpha value is -1.19. The van der Waals surface area contributed by atoms with Crippen LogP contribution in [0.3, 0.4) is 0 Å². The average molecular weight is 139 g/mol. The zero-order valence-corrected chi connectivity index (χ0v) is 5.74. The predicted molar refractivity (Wildman–Crippen MR) is 39.2 cm³/mol. The monoisotopic (exact) mass is 139 g/mol. The Bertz CT molecular complexity index is 173. The standard InChI is InChI=1S/C6H9N3O/c1-2-6(3-10)8-4-7-5-9-6/h3-5H,2H2,1H3,(H,7,8,9). The van der Waals surface area contributed by atoms with E-state index in [1.54, 1.807) is 0 Å². The predicted octanol–water partition coefficient (Wildman–Crippen LogP) is -0.0486. The minimum absolute atomic E-state index is 0.602. The molecule has 0 atom stereocenters. The molecule has 4 heteroatoms. The van der Waals surface area contributed by atoms with Crippen molar-refractivity contribution >= 4 is 19.0 Å². The summed E-state index contributed by atoms with van der Waals surface area (Å²) in [6.07, 6.45) is 4.31. The molecular formula is C6H9N3O. The molecule has 0 aromatic carbocycles. The van der Waals surface area contributed by atoms with E-state index >= 15 is 0 Å². The van der Waals surface area contributed by atoms with Gasteiger partial charge in [-0.05, 0) is 6.42 Å². The van der Waals surface area contributed by atoms with Gasteiger partial charge in [-0.1, -0.05) is 6.92 Å². The molecule has 0 radical (unpaired) electrons. The van der Waals surface area contributed by atoms with Crippen molar-refractivity contribution in [2.75, 3.05) is 0 Å². The molecule has 4 nitrogen and oxygen atoms in total. The Labute approximate surface area is 59.1 Å². The lowest BCUT2D eigenvalue weighted by Gasteiger charge is -2.18. The van der Waals surface area contributed by atoms with Crippen LogP contribution in [0.2, 0.25) is 0 Å². The molecule has 54 valence electrons. The molecule has 0 amide bonds. The largest absolute Gasteiger partial charge is 0.338 e. The molecule has 0 bridgehead atoms.